The monoisotopic (exact) mass is 290 g/mol. The van der Waals surface area contributed by atoms with Gasteiger partial charge in [-0.25, -0.2) is 0 Å². The number of anilines is 1. The summed E-state index contributed by atoms with van der Waals surface area (Å²) in [6.45, 7) is 3.34. The van der Waals surface area contributed by atoms with Gasteiger partial charge in [0.2, 0.25) is 5.91 Å². The number of amides is 1. The molecule has 0 aliphatic carbocycles. The Balaban J connectivity index is 2.76. The van der Waals surface area contributed by atoms with Gasteiger partial charge in [0.25, 0.3) is 0 Å². The van der Waals surface area contributed by atoms with Crippen LogP contribution >= 0.6 is 0 Å². The molecule has 0 saturated carbocycles. The van der Waals surface area contributed by atoms with Crippen molar-refractivity contribution in [2.45, 2.75) is 32.5 Å². The van der Waals surface area contributed by atoms with Gasteiger partial charge in [-0.2, -0.15) is 13.2 Å². The first kappa shape index (κ1) is 16.3. The van der Waals surface area contributed by atoms with Crippen molar-refractivity contribution in [2.75, 3.05) is 11.9 Å². The van der Waals surface area contributed by atoms with E-state index in [1.165, 1.54) is 18.2 Å². The van der Waals surface area contributed by atoms with E-state index >= 15 is 0 Å². The molecule has 0 saturated heterocycles. The van der Waals surface area contributed by atoms with Gasteiger partial charge in [-0.3, -0.25) is 4.79 Å². The molecule has 1 aromatic carbocycles. The van der Waals surface area contributed by atoms with Gasteiger partial charge in [-0.1, -0.05) is 0 Å². The summed E-state index contributed by atoms with van der Waals surface area (Å²) in [5.41, 5.74) is 5.52. The van der Waals surface area contributed by atoms with Crippen LogP contribution in [0.3, 0.4) is 0 Å². The Morgan fingerprint density at radius 1 is 1.35 bits per heavy atom. The molecule has 4 nitrogen and oxygen atoms in total. The molecule has 20 heavy (non-hydrogen) atoms. The average molecular weight is 290 g/mol. The Bertz CT molecular complexity index is 493. The van der Waals surface area contributed by atoms with E-state index in [1.54, 1.807) is 20.8 Å². The molecule has 1 rings (SSSR count). The van der Waals surface area contributed by atoms with E-state index in [-0.39, 0.29) is 11.7 Å². The van der Waals surface area contributed by atoms with Crippen molar-refractivity contribution in [1.29, 1.82) is 0 Å². The van der Waals surface area contributed by atoms with Crippen LogP contribution in [-0.2, 0) is 4.79 Å². The Morgan fingerprint density at radius 3 is 2.40 bits per heavy atom. The molecule has 0 bridgehead atoms. The first-order valence-electron chi connectivity index (χ1n) is 5.89. The zero-order chi connectivity index (χ0) is 15.6. The van der Waals surface area contributed by atoms with E-state index in [0.29, 0.717) is 11.3 Å². The average Bonchev–Trinajstić information content (AvgIpc) is 2.25. The van der Waals surface area contributed by atoms with Crippen LogP contribution in [0.25, 0.3) is 0 Å². The standard InChI is InChI=1S/C13H17F3N2O2/c1-8-6-9(18-11(19)12(2,3)17)4-5-10(8)20-7-13(14,15)16/h4-6H,7,17H2,1-3H3,(H,18,19). The third-order valence-corrected chi connectivity index (χ3v) is 2.41. The number of rotatable bonds is 4. The third-order valence-electron chi connectivity index (χ3n) is 2.41. The van der Waals surface area contributed by atoms with Crippen molar-refractivity contribution < 1.29 is 22.7 Å². The minimum atomic E-state index is -4.39. The molecule has 112 valence electrons. The maximum absolute atomic E-state index is 12.1. The number of hydrogen-bond donors (Lipinski definition) is 2. The first-order chi connectivity index (χ1) is 8.99. The van der Waals surface area contributed by atoms with Gasteiger partial charge < -0.3 is 15.8 Å². The van der Waals surface area contributed by atoms with Gasteiger partial charge >= 0.3 is 6.18 Å². The van der Waals surface area contributed by atoms with Gasteiger partial charge in [0.1, 0.15) is 5.75 Å². The molecule has 0 atom stereocenters. The molecule has 0 aliphatic heterocycles. The number of aryl methyl sites for hydroxylation is 1. The molecular formula is C13H17F3N2O2. The molecular weight excluding hydrogens is 273 g/mol. The highest BCUT2D eigenvalue weighted by Crippen LogP contribution is 2.24. The largest absolute Gasteiger partial charge is 0.484 e. The number of hydrogen-bond acceptors (Lipinski definition) is 3. The van der Waals surface area contributed by atoms with Crippen molar-refractivity contribution in [3.63, 3.8) is 0 Å². The highest BCUT2D eigenvalue weighted by molar-refractivity contribution is 5.97. The van der Waals surface area contributed by atoms with Crippen LogP contribution in [0, 0.1) is 6.92 Å². The van der Waals surface area contributed by atoms with E-state index < -0.39 is 18.3 Å². The van der Waals surface area contributed by atoms with Gasteiger partial charge in [0.15, 0.2) is 6.61 Å². The lowest BCUT2D eigenvalue weighted by Gasteiger charge is -2.18. The van der Waals surface area contributed by atoms with E-state index in [9.17, 15) is 18.0 Å². The maximum atomic E-state index is 12.1. The van der Waals surface area contributed by atoms with Crippen molar-refractivity contribution in [1.82, 2.24) is 0 Å². The van der Waals surface area contributed by atoms with Crippen LogP contribution < -0.4 is 15.8 Å². The Kier molecular flexibility index (Phi) is 4.65. The lowest BCUT2D eigenvalue weighted by Crippen LogP contribution is -2.45. The smallest absolute Gasteiger partial charge is 0.422 e. The summed E-state index contributed by atoms with van der Waals surface area (Å²) < 4.78 is 40.8. The van der Waals surface area contributed by atoms with Gasteiger partial charge in [0.05, 0.1) is 5.54 Å². The van der Waals surface area contributed by atoms with Gasteiger partial charge in [-0.05, 0) is 44.5 Å². The fourth-order valence-electron chi connectivity index (χ4n) is 1.34. The predicted molar refractivity (Wildman–Crippen MR) is 69.6 cm³/mol. The summed E-state index contributed by atoms with van der Waals surface area (Å²) in [5.74, 6) is -0.270. The lowest BCUT2D eigenvalue weighted by atomic mass is 10.1. The minimum absolute atomic E-state index is 0.118. The molecule has 0 radical (unpaired) electrons. The van der Waals surface area contributed by atoms with E-state index in [1.807, 2.05) is 0 Å². The van der Waals surface area contributed by atoms with Crippen molar-refractivity contribution in [2.24, 2.45) is 5.73 Å². The fraction of sp³-hybridized carbons (Fsp3) is 0.462. The second-order valence-corrected chi connectivity index (χ2v) is 5.06. The van der Waals surface area contributed by atoms with Crippen LogP contribution in [0.5, 0.6) is 5.75 Å². The number of nitrogens with one attached hydrogen (secondary N) is 1. The van der Waals surface area contributed by atoms with E-state index in [2.05, 4.69) is 10.1 Å². The quantitative estimate of drug-likeness (QED) is 0.896. The SMILES string of the molecule is Cc1cc(NC(=O)C(C)(C)N)ccc1OCC(F)(F)F. The number of ether oxygens (including phenoxy) is 1. The maximum Gasteiger partial charge on any atom is 0.422 e. The fourth-order valence-corrected chi connectivity index (χ4v) is 1.34. The van der Waals surface area contributed by atoms with Crippen LogP contribution in [0.15, 0.2) is 18.2 Å². The van der Waals surface area contributed by atoms with E-state index in [0.717, 1.165) is 0 Å². The number of halogens is 3. The van der Waals surface area contributed by atoms with Crippen molar-refractivity contribution in [3.05, 3.63) is 23.8 Å². The molecule has 3 N–H and O–H groups in total. The molecule has 1 amide bonds. The summed E-state index contributed by atoms with van der Waals surface area (Å²) in [6.07, 6.45) is -4.39. The van der Waals surface area contributed by atoms with Gasteiger partial charge in [0, 0.05) is 5.69 Å². The number of carbonyl (C=O) groups excluding carboxylic acids is 1. The third kappa shape index (κ3) is 5.08. The van der Waals surface area contributed by atoms with Gasteiger partial charge in [-0.15, -0.1) is 0 Å². The highest BCUT2D eigenvalue weighted by Gasteiger charge is 2.28. The Hall–Kier alpha value is -1.76. The normalized spacial score (nSPS) is 12.2. The number of alkyl halides is 3. The van der Waals surface area contributed by atoms with Crippen LogP contribution in [0.2, 0.25) is 0 Å². The lowest BCUT2D eigenvalue weighted by molar-refractivity contribution is -0.153. The highest BCUT2D eigenvalue weighted by atomic mass is 19.4. The van der Waals surface area contributed by atoms with Crippen molar-refractivity contribution in [3.8, 4) is 5.75 Å². The number of benzene rings is 1. The summed E-state index contributed by atoms with van der Waals surface area (Å²) in [4.78, 5) is 11.7. The van der Waals surface area contributed by atoms with Crippen LogP contribution in [-0.4, -0.2) is 24.2 Å². The number of nitrogens with two attached hydrogens (primary N) is 1. The topological polar surface area (TPSA) is 64.4 Å². The first-order valence-corrected chi connectivity index (χ1v) is 5.89. The second-order valence-electron chi connectivity index (χ2n) is 5.06. The Labute approximate surface area is 115 Å². The van der Waals surface area contributed by atoms with E-state index in [4.69, 9.17) is 5.73 Å². The summed E-state index contributed by atoms with van der Waals surface area (Å²) >= 11 is 0. The summed E-state index contributed by atoms with van der Waals surface area (Å²) in [7, 11) is 0. The zero-order valence-corrected chi connectivity index (χ0v) is 11.5. The summed E-state index contributed by atoms with van der Waals surface area (Å²) in [6, 6.07) is 4.36. The minimum Gasteiger partial charge on any atom is -0.484 e. The molecule has 7 heteroatoms. The summed E-state index contributed by atoms with van der Waals surface area (Å²) in [5, 5.41) is 2.58. The number of carbonyl (C=O) groups is 1. The zero-order valence-electron chi connectivity index (χ0n) is 11.5. The molecule has 0 aromatic heterocycles. The van der Waals surface area contributed by atoms with Crippen LogP contribution in [0.4, 0.5) is 18.9 Å². The molecule has 0 aliphatic rings. The molecule has 0 spiro atoms. The molecule has 0 fully saturated rings. The molecule has 0 heterocycles. The molecule has 1 aromatic rings. The Morgan fingerprint density at radius 2 is 1.95 bits per heavy atom. The second kappa shape index (κ2) is 5.70. The van der Waals surface area contributed by atoms with Crippen LogP contribution in [0.1, 0.15) is 19.4 Å². The van der Waals surface area contributed by atoms with Crippen molar-refractivity contribution >= 4 is 11.6 Å². The predicted octanol–water partition coefficient (Wildman–Crippen LogP) is 2.61. The molecule has 0 unspecified atom stereocenters.